The molecule has 0 aliphatic carbocycles. The van der Waals surface area contributed by atoms with Crippen LogP contribution in [0.5, 0.6) is 5.75 Å². The molecule has 2 aromatic carbocycles. The lowest BCUT2D eigenvalue weighted by Gasteiger charge is -2.09. The van der Waals surface area contributed by atoms with Crippen molar-refractivity contribution in [2.75, 3.05) is 17.7 Å². The van der Waals surface area contributed by atoms with Crippen LogP contribution in [0.3, 0.4) is 0 Å². The van der Waals surface area contributed by atoms with E-state index in [0.717, 1.165) is 5.69 Å². The van der Waals surface area contributed by atoms with Gasteiger partial charge in [-0.15, -0.1) is 0 Å². The summed E-state index contributed by atoms with van der Waals surface area (Å²) in [5.41, 5.74) is 2.92. The van der Waals surface area contributed by atoms with E-state index in [2.05, 4.69) is 15.6 Å². The number of nitrogens with one attached hydrogen (secondary N) is 2. The Labute approximate surface area is 157 Å². The first-order chi connectivity index (χ1) is 12.7. The average Bonchev–Trinajstić information content (AvgIpc) is 2.68. The van der Waals surface area contributed by atoms with Crippen LogP contribution in [-0.2, 0) is 6.54 Å². The van der Waals surface area contributed by atoms with Crippen molar-refractivity contribution in [2.45, 2.75) is 6.54 Å². The molecule has 0 aliphatic rings. The third-order valence-electron chi connectivity index (χ3n) is 3.75. The van der Waals surface area contributed by atoms with E-state index in [-0.39, 0.29) is 5.91 Å². The van der Waals surface area contributed by atoms with Crippen LogP contribution in [0.15, 0.2) is 66.9 Å². The van der Waals surface area contributed by atoms with Crippen molar-refractivity contribution >= 4 is 28.9 Å². The zero-order valence-corrected chi connectivity index (χ0v) is 15.0. The van der Waals surface area contributed by atoms with Crippen LogP contribution in [0.2, 0.25) is 5.02 Å². The molecule has 0 unspecified atom stereocenters. The predicted molar refractivity (Wildman–Crippen MR) is 104 cm³/mol. The maximum Gasteiger partial charge on any atom is 0.274 e. The van der Waals surface area contributed by atoms with Gasteiger partial charge < -0.3 is 15.4 Å². The lowest BCUT2D eigenvalue weighted by atomic mass is 10.2. The molecule has 0 radical (unpaired) electrons. The van der Waals surface area contributed by atoms with Gasteiger partial charge in [-0.25, -0.2) is 4.98 Å². The number of hydrogen-bond donors (Lipinski definition) is 2. The highest BCUT2D eigenvalue weighted by molar-refractivity contribution is 6.32. The van der Waals surface area contributed by atoms with Crippen LogP contribution < -0.4 is 15.4 Å². The number of carbonyl (C=O) groups is 1. The Morgan fingerprint density at radius 2 is 1.85 bits per heavy atom. The molecule has 0 bridgehead atoms. The first-order valence-corrected chi connectivity index (χ1v) is 8.42. The summed E-state index contributed by atoms with van der Waals surface area (Å²) in [4.78, 5) is 16.5. The molecule has 1 aromatic heterocycles. The molecule has 0 aliphatic heterocycles. The van der Waals surface area contributed by atoms with E-state index in [1.165, 1.54) is 12.7 Å². The monoisotopic (exact) mass is 367 g/mol. The maximum absolute atomic E-state index is 12.3. The van der Waals surface area contributed by atoms with Gasteiger partial charge in [0.25, 0.3) is 5.91 Å². The van der Waals surface area contributed by atoms with Crippen LogP contribution >= 0.6 is 11.6 Å². The molecule has 26 heavy (non-hydrogen) atoms. The molecule has 0 saturated heterocycles. The molecule has 6 heteroatoms. The summed E-state index contributed by atoms with van der Waals surface area (Å²) in [7, 11) is 1.54. The lowest BCUT2D eigenvalue weighted by molar-refractivity contribution is 0.102. The second-order valence-corrected chi connectivity index (χ2v) is 5.98. The minimum atomic E-state index is -0.305. The predicted octanol–water partition coefficient (Wildman–Crippen LogP) is 4.61. The van der Waals surface area contributed by atoms with E-state index in [4.69, 9.17) is 16.3 Å². The Morgan fingerprint density at radius 1 is 1.08 bits per heavy atom. The van der Waals surface area contributed by atoms with E-state index in [9.17, 15) is 4.79 Å². The highest BCUT2D eigenvalue weighted by Crippen LogP contribution is 2.27. The third kappa shape index (κ3) is 4.52. The highest BCUT2D eigenvalue weighted by Gasteiger charge is 2.09. The lowest BCUT2D eigenvalue weighted by Crippen LogP contribution is -2.13. The fourth-order valence-electron chi connectivity index (χ4n) is 2.37. The SMILES string of the molecule is COc1ccc(NC(=O)c2ccc(NCc3ccccc3)cn2)cc1Cl. The summed E-state index contributed by atoms with van der Waals surface area (Å²) in [5.74, 6) is 0.248. The van der Waals surface area contributed by atoms with Gasteiger partial charge in [-0.1, -0.05) is 41.9 Å². The normalized spacial score (nSPS) is 10.2. The summed E-state index contributed by atoms with van der Waals surface area (Å²) in [6.07, 6.45) is 1.64. The van der Waals surface area contributed by atoms with Crippen LogP contribution in [0.1, 0.15) is 16.1 Å². The molecule has 3 rings (SSSR count). The Balaban J connectivity index is 1.60. The first kappa shape index (κ1) is 17.8. The molecule has 5 nitrogen and oxygen atoms in total. The largest absolute Gasteiger partial charge is 0.495 e. The van der Waals surface area contributed by atoms with Gasteiger partial charge in [0.15, 0.2) is 0 Å². The van der Waals surface area contributed by atoms with Crippen molar-refractivity contribution in [2.24, 2.45) is 0 Å². The molecule has 1 heterocycles. The number of ether oxygens (including phenoxy) is 1. The van der Waals surface area contributed by atoms with Crippen LogP contribution in [0.25, 0.3) is 0 Å². The summed E-state index contributed by atoms with van der Waals surface area (Å²) in [5, 5.41) is 6.47. The van der Waals surface area contributed by atoms with Gasteiger partial charge in [0.1, 0.15) is 11.4 Å². The minimum absolute atomic E-state index is 0.305. The van der Waals surface area contributed by atoms with Crippen molar-refractivity contribution in [3.63, 3.8) is 0 Å². The molecule has 0 saturated carbocycles. The molecule has 3 aromatic rings. The number of anilines is 2. The number of rotatable bonds is 6. The summed E-state index contributed by atoms with van der Waals surface area (Å²) < 4.78 is 5.09. The number of methoxy groups -OCH3 is 1. The van der Waals surface area contributed by atoms with Crippen LogP contribution in [0, 0.1) is 0 Å². The van der Waals surface area contributed by atoms with Crippen molar-refractivity contribution in [3.8, 4) is 5.75 Å². The van der Waals surface area contributed by atoms with Crippen molar-refractivity contribution in [1.82, 2.24) is 4.98 Å². The molecular weight excluding hydrogens is 350 g/mol. The number of benzene rings is 2. The molecule has 1 amide bonds. The number of amides is 1. The van der Waals surface area contributed by atoms with Gasteiger partial charge in [0.2, 0.25) is 0 Å². The first-order valence-electron chi connectivity index (χ1n) is 8.04. The van der Waals surface area contributed by atoms with Gasteiger partial charge >= 0.3 is 0 Å². The Kier molecular flexibility index (Phi) is 5.71. The zero-order chi connectivity index (χ0) is 18.4. The number of nitrogens with zero attached hydrogens (tertiary/aromatic N) is 1. The molecule has 2 N–H and O–H groups in total. The highest BCUT2D eigenvalue weighted by atomic mass is 35.5. The van der Waals surface area contributed by atoms with Gasteiger partial charge in [0, 0.05) is 12.2 Å². The fraction of sp³-hybridized carbons (Fsp3) is 0.100. The van der Waals surface area contributed by atoms with E-state index < -0.39 is 0 Å². The maximum atomic E-state index is 12.3. The molecule has 132 valence electrons. The average molecular weight is 368 g/mol. The standard InChI is InChI=1S/C20H18ClN3O2/c1-26-19-10-8-15(11-17(19)21)24-20(25)18-9-7-16(13-23-18)22-12-14-5-3-2-4-6-14/h2-11,13,22H,12H2,1H3,(H,24,25). The number of aromatic nitrogens is 1. The van der Waals surface area contributed by atoms with Crippen molar-refractivity contribution in [3.05, 3.63) is 83.1 Å². The molecule has 0 spiro atoms. The van der Waals surface area contributed by atoms with Crippen LogP contribution in [0.4, 0.5) is 11.4 Å². The second-order valence-electron chi connectivity index (χ2n) is 5.57. The number of halogens is 1. The quantitative estimate of drug-likeness (QED) is 0.668. The van der Waals surface area contributed by atoms with E-state index >= 15 is 0 Å². The topological polar surface area (TPSA) is 63.2 Å². The second kappa shape index (κ2) is 8.36. The summed E-state index contributed by atoms with van der Waals surface area (Å²) in [6.45, 7) is 0.693. The minimum Gasteiger partial charge on any atom is -0.495 e. The summed E-state index contributed by atoms with van der Waals surface area (Å²) in [6, 6.07) is 18.6. The Morgan fingerprint density at radius 3 is 2.50 bits per heavy atom. The van der Waals surface area contributed by atoms with E-state index in [1.54, 1.807) is 30.5 Å². The van der Waals surface area contributed by atoms with Crippen molar-refractivity contribution in [1.29, 1.82) is 0 Å². The van der Waals surface area contributed by atoms with Gasteiger partial charge in [-0.05, 0) is 35.9 Å². The zero-order valence-electron chi connectivity index (χ0n) is 14.2. The molecular formula is C20H18ClN3O2. The fourth-order valence-corrected chi connectivity index (χ4v) is 2.63. The van der Waals surface area contributed by atoms with Gasteiger partial charge in [-0.2, -0.15) is 0 Å². The molecule has 0 fully saturated rings. The van der Waals surface area contributed by atoms with E-state index in [0.29, 0.717) is 28.7 Å². The smallest absolute Gasteiger partial charge is 0.274 e. The number of carbonyl (C=O) groups excluding carboxylic acids is 1. The van der Waals surface area contributed by atoms with Crippen molar-refractivity contribution < 1.29 is 9.53 Å². The van der Waals surface area contributed by atoms with E-state index in [1.807, 2.05) is 36.4 Å². The summed E-state index contributed by atoms with van der Waals surface area (Å²) >= 11 is 6.06. The third-order valence-corrected chi connectivity index (χ3v) is 4.04. The Hall–Kier alpha value is -3.05. The molecule has 0 atom stereocenters. The van der Waals surface area contributed by atoms with Gasteiger partial charge in [-0.3, -0.25) is 4.79 Å². The number of hydrogen-bond acceptors (Lipinski definition) is 4. The van der Waals surface area contributed by atoms with Gasteiger partial charge in [0.05, 0.1) is 24.0 Å². The number of pyridine rings is 1. The Bertz CT molecular complexity index is 883. The van der Waals surface area contributed by atoms with Crippen LogP contribution in [-0.4, -0.2) is 18.0 Å².